The van der Waals surface area contributed by atoms with Gasteiger partial charge in [0.1, 0.15) is 0 Å². The summed E-state index contributed by atoms with van der Waals surface area (Å²) in [4.78, 5) is 0.808. The van der Waals surface area contributed by atoms with E-state index in [1.807, 2.05) is 17.5 Å². The van der Waals surface area contributed by atoms with Crippen molar-refractivity contribution >= 4 is 21.5 Å². The van der Waals surface area contributed by atoms with Gasteiger partial charge in [-0.2, -0.15) is 8.42 Å². The Balaban J connectivity index is 2.70. The van der Waals surface area contributed by atoms with Crippen LogP contribution in [0.2, 0.25) is 0 Å². The fraction of sp³-hybridized carbons (Fsp3) is 0.600. The summed E-state index contributed by atoms with van der Waals surface area (Å²) in [5.74, 6) is 0. The van der Waals surface area contributed by atoms with Crippen molar-refractivity contribution < 1.29 is 17.7 Å². The van der Waals surface area contributed by atoms with E-state index in [9.17, 15) is 13.5 Å². The first-order valence-electron chi connectivity index (χ1n) is 4.78. The summed E-state index contributed by atoms with van der Waals surface area (Å²) < 4.78 is 26.5. The van der Waals surface area contributed by atoms with Gasteiger partial charge in [0.25, 0.3) is 10.1 Å². The maximum atomic E-state index is 10.9. The van der Waals surface area contributed by atoms with Crippen molar-refractivity contribution in [1.82, 2.24) is 0 Å². The smallest absolute Gasteiger partial charge is 0.264 e. The molecule has 1 aromatic rings. The van der Waals surface area contributed by atoms with Crippen LogP contribution in [-0.4, -0.2) is 26.4 Å². The van der Waals surface area contributed by atoms with Crippen LogP contribution in [0.4, 0.5) is 0 Å². The number of thiophene rings is 1. The molecule has 0 saturated heterocycles. The molecule has 1 atom stereocenters. The molecule has 0 aliphatic rings. The van der Waals surface area contributed by atoms with Crippen LogP contribution in [0.5, 0.6) is 0 Å². The Morgan fingerprint density at radius 1 is 1.56 bits per heavy atom. The van der Waals surface area contributed by atoms with Gasteiger partial charge in [-0.1, -0.05) is 19.9 Å². The van der Waals surface area contributed by atoms with Crippen LogP contribution in [0.3, 0.4) is 0 Å². The fourth-order valence-corrected chi connectivity index (χ4v) is 2.61. The van der Waals surface area contributed by atoms with Crippen LogP contribution < -0.4 is 0 Å². The van der Waals surface area contributed by atoms with Crippen LogP contribution in [-0.2, 0) is 14.3 Å². The van der Waals surface area contributed by atoms with E-state index < -0.39 is 21.6 Å². The molecular weight excluding hydrogens is 248 g/mol. The van der Waals surface area contributed by atoms with E-state index in [4.69, 9.17) is 4.18 Å². The van der Waals surface area contributed by atoms with Crippen molar-refractivity contribution in [1.29, 1.82) is 0 Å². The zero-order chi connectivity index (χ0) is 12.4. The molecule has 0 fully saturated rings. The lowest BCUT2D eigenvalue weighted by atomic mass is 9.87. The second kappa shape index (κ2) is 4.83. The Kier molecular flexibility index (Phi) is 4.12. The maximum absolute atomic E-state index is 10.9. The van der Waals surface area contributed by atoms with Gasteiger partial charge in [-0.3, -0.25) is 4.18 Å². The molecular formula is C10H16O4S2. The molecule has 0 saturated carbocycles. The zero-order valence-corrected chi connectivity index (χ0v) is 11.1. The largest absolute Gasteiger partial charge is 0.387 e. The number of hydrogen-bond donors (Lipinski definition) is 1. The van der Waals surface area contributed by atoms with E-state index in [2.05, 4.69) is 0 Å². The molecule has 16 heavy (non-hydrogen) atoms. The average Bonchev–Trinajstić information content (AvgIpc) is 2.65. The Hall–Kier alpha value is -0.430. The normalized spacial score (nSPS) is 15.0. The standard InChI is InChI=1S/C10H16O4S2/c1-10(2,7-14-16(3,12)13)9(11)8-5-4-6-15-8/h4-6,9,11H,7H2,1-3H3. The molecule has 0 radical (unpaired) electrons. The van der Waals surface area contributed by atoms with Crippen molar-refractivity contribution in [2.45, 2.75) is 20.0 Å². The van der Waals surface area contributed by atoms with E-state index in [0.29, 0.717) is 0 Å². The Morgan fingerprint density at radius 3 is 2.62 bits per heavy atom. The van der Waals surface area contributed by atoms with E-state index in [-0.39, 0.29) is 6.61 Å². The number of aliphatic hydroxyl groups excluding tert-OH is 1. The van der Waals surface area contributed by atoms with Gasteiger partial charge in [-0.25, -0.2) is 0 Å². The lowest BCUT2D eigenvalue weighted by Gasteiger charge is -2.28. The van der Waals surface area contributed by atoms with Crippen molar-refractivity contribution in [3.05, 3.63) is 22.4 Å². The van der Waals surface area contributed by atoms with Gasteiger partial charge in [0.15, 0.2) is 0 Å². The van der Waals surface area contributed by atoms with Gasteiger partial charge in [0.2, 0.25) is 0 Å². The third-order valence-electron chi connectivity index (χ3n) is 2.20. The van der Waals surface area contributed by atoms with Gasteiger partial charge in [-0.15, -0.1) is 11.3 Å². The highest BCUT2D eigenvalue weighted by Gasteiger charge is 2.31. The Labute approximate surface area is 100 Å². The fourth-order valence-electron chi connectivity index (χ4n) is 1.17. The molecule has 0 aliphatic carbocycles. The van der Waals surface area contributed by atoms with E-state index in [1.165, 1.54) is 11.3 Å². The minimum Gasteiger partial charge on any atom is -0.387 e. The van der Waals surface area contributed by atoms with E-state index >= 15 is 0 Å². The Morgan fingerprint density at radius 2 is 2.19 bits per heavy atom. The third kappa shape index (κ3) is 3.86. The van der Waals surface area contributed by atoms with Gasteiger partial charge < -0.3 is 5.11 Å². The lowest BCUT2D eigenvalue weighted by Crippen LogP contribution is -2.28. The third-order valence-corrected chi connectivity index (χ3v) is 3.67. The summed E-state index contributed by atoms with van der Waals surface area (Å²) in [6.45, 7) is 3.50. The van der Waals surface area contributed by atoms with Crippen LogP contribution in [0.1, 0.15) is 24.8 Å². The highest BCUT2D eigenvalue weighted by atomic mass is 32.2. The summed E-state index contributed by atoms with van der Waals surface area (Å²) in [6, 6.07) is 3.66. The maximum Gasteiger partial charge on any atom is 0.264 e. The van der Waals surface area contributed by atoms with Crippen molar-refractivity contribution in [2.75, 3.05) is 12.9 Å². The molecule has 1 rings (SSSR count). The van der Waals surface area contributed by atoms with Crippen molar-refractivity contribution in [3.8, 4) is 0 Å². The van der Waals surface area contributed by atoms with E-state index in [0.717, 1.165) is 11.1 Å². The van der Waals surface area contributed by atoms with Gasteiger partial charge >= 0.3 is 0 Å². The van der Waals surface area contributed by atoms with Crippen LogP contribution in [0, 0.1) is 5.41 Å². The summed E-state index contributed by atoms with van der Waals surface area (Å²) in [5.41, 5.74) is -0.645. The first kappa shape index (κ1) is 13.6. The highest BCUT2D eigenvalue weighted by Crippen LogP contribution is 2.35. The Bertz CT molecular complexity index is 420. The molecule has 92 valence electrons. The molecule has 4 nitrogen and oxygen atoms in total. The summed E-state index contributed by atoms with van der Waals surface area (Å²) >= 11 is 1.44. The number of hydrogen-bond acceptors (Lipinski definition) is 5. The van der Waals surface area contributed by atoms with Crippen molar-refractivity contribution in [2.24, 2.45) is 5.41 Å². The molecule has 0 aromatic carbocycles. The monoisotopic (exact) mass is 264 g/mol. The van der Waals surface area contributed by atoms with Gasteiger partial charge in [-0.05, 0) is 11.4 Å². The first-order valence-corrected chi connectivity index (χ1v) is 7.48. The summed E-state index contributed by atoms with van der Waals surface area (Å²) in [7, 11) is -3.47. The van der Waals surface area contributed by atoms with E-state index in [1.54, 1.807) is 13.8 Å². The molecule has 1 aromatic heterocycles. The predicted octanol–water partition coefficient (Wildman–Crippen LogP) is 1.78. The molecule has 6 heteroatoms. The van der Waals surface area contributed by atoms with Crippen molar-refractivity contribution in [3.63, 3.8) is 0 Å². The summed E-state index contributed by atoms with van der Waals surface area (Å²) in [6.07, 6.45) is 0.273. The average molecular weight is 264 g/mol. The predicted molar refractivity (Wildman–Crippen MR) is 63.9 cm³/mol. The highest BCUT2D eigenvalue weighted by molar-refractivity contribution is 7.85. The topological polar surface area (TPSA) is 63.6 Å². The molecule has 1 heterocycles. The second-order valence-electron chi connectivity index (χ2n) is 4.37. The molecule has 1 N–H and O–H groups in total. The molecule has 0 bridgehead atoms. The quantitative estimate of drug-likeness (QED) is 0.823. The van der Waals surface area contributed by atoms with Crippen LogP contribution in [0.25, 0.3) is 0 Å². The number of rotatable bonds is 5. The van der Waals surface area contributed by atoms with Crippen LogP contribution >= 0.6 is 11.3 Å². The molecule has 1 unspecified atom stereocenters. The lowest BCUT2D eigenvalue weighted by molar-refractivity contribution is 0.0186. The first-order chi connectivity index (χ1) is 7.22. The van der Waals surface area contributed by atoms with Crippen LogP contribution in [0.15, 0.2) is 17.5 Å². The molecule has 0 aliphatic heterocycles. The SMILES string of the molecule is CC(C)(COS(C)(=O)=O)C(O)c1cccs1. The second-order valence-corrected chi connectivity index (χ2v) is 7.00. The van der Waals surface area contributed by atoms with Gasteiger partial charge in [0, 0.05) is 10.3 Å². The molecule has 0 amide bonds. The number of aliphatic hydroxyl groups is 1. The van der Waals surface area contributed by atoms with Gasteiger partial charge in [0.05, 0.1) is 19.0 Å². The summed E-state index contributed by atoms with van der Waals surface area (Å²) in [5, 5.41) is 11.9. The molecule has 0 spiro atoms. The minimum absolute atomic E-state index is 0.0368. The minimum atomic E-state index is -3.47. The zero-order valence-electron chi connectivity index (χ0n) is 9.50.